The third kappa shape index (κ3) is 2.54. The van der Waals surface area contributed by atoms with Crippen LogP contribution in [0.3, 0.4) is 0 Å². The highest BCUT2D eigenvalue weighted by atomic mass is 15.7. The molecule has 96 valence electrons. The average Bonchev–Trinajstić information content (AvgIpc) is 2.66. The van der Waals surface area contributed by atoms with E-state index in [0.717, 1.165) is 26.1 Å². The highest BCUT2D eigenvalue weighted by molar-refractivity contribution is 5.77. The molecule has 18 heavy (non-hydrogen) atoms. The molecule has 0 radical (unpaired) electrons. The van der Waals surface area contributed by atoms with Crippen LogP contribution < -0.4 is 11.0 Å². The molecule has 1 aromatic carbocycles. The number of hydrogen-bond donors (Lipinski definition) is 2. The molecule has 0 spiro atoms. The zero-order valence-electron chi connectivity index (χ0n) is 10.7. The Bertz CT molecular complexity index is 427. The van der Waals surface area contributed by atoms with Crippen LogP contribution in [0.1, 0.15) is 24.8 Å². The molecule has 0 aliphatic carbocycles. The molecule has 2 aliphatic heterocycles. The molecule has 0 saturated carbocycles. The van der Waals surface area contributed by atoms with E-state index in [1.807, 2.05) is 0 Å². The fourth-order valence-electron chi connectivity index (χ4n) is 2.72. The zero-order chi connectivity index (χ0) is 12.2. The molecule has 0 amide bonds. The molecule has 2 heterocycles. The summed E-state index contributed by atoms with van der Waals surface area (Å²) in [5, 5.41) is 2.28. The van der Waals surface area contributed by atoms with Crippen molar-refractivity contribution in [1.82, 2.24) is 16.0 Å². The Morgan fingerprint density at radius 3 is 2.94 bits per heavy atom. The van der Waals surface area contributed by atoms with E-state index >= 15 is 0 Å². The van der Waals surface area contributed by atoms with Gasteiger partial charge in [0.1, 0.15) is 13.1 Å². The second-order valence-electron chi connectivity index (χ2n) is 4.97. The Kier molecular flexibility index (Phi) is 3.57. The van der Waals surface area contributed by atoms with Crippen LogP contribution in [0.2, 0.25) is 0 Å². The molecular formula is C14H21N4+. The van der Waals surface area contributed by atoms with Crippen LogP contribution in [0.4, 0.5) is 0 Å². The smallest absolute Gasteiger partial charge is 0.260 e. The summed E-state index contributed by atoms with van der Waals surface area (Å²) in [5.41, 5.74) is 7.96. The van der Waals surface area contributed by atoms with Crippen LogP contribution in [0.5, 0.6) is 0 Å². The van der Waals surface area contributed by atoms with Gasteiger partial charge in [-0.15, -0.1) is 0 Å². The van der Waals surface area contributed by atoms with E-state index in [1.54, 1.807) is 0 Å². The molecule has 3 rings (SSSR count). The van der Waals surface area contributed by atoms with Gasteiger partial charge in [0.15, 0.2) is 0 Å². The van der Waals surface area contributed by atoms with Crippen LogP contribution in [0.15, 0.2) is 30.3 Å². The summed E-state index contributed by atoms with van der Waals surface area (Å²) in [4.78, 5) is 0. The van der Waals surface area contributed by atoms with E-state index in [-0.39, 0.29) is 0 Å². The Labute approximate surface area is 108 Å². The molecule has 0 unspecified atom stereocenters. The van der Waals surface area contributed by atoms with Crippen LogP contribution in [0, 0.1) is 0 Å². The summed E-state index contributed by atoms with van der Waals surface area (Å²) in [5.74, 6) is 1.44. The van der Waals surface area contributed by atoms with Crippen molar-refractivity contribution >= 4 is 5.84 Å². The zero-order valence-corrected chi connectivity index (χ0v) is 10.7. The van der Waals surface area contributed by atoms with Gasteiger partial charge in [-0.3, -0.25) is 4.58 Å². The van der Waals surface area contributed by atoms with Gasteiger partial charge in [-0.05, 0) is 12.0 Å². The number of nitrogens with one attached hydrogen (secondary N) is 2. The number of benzene rings is 1. The van der Waals surface area contributed by atoms with Gasteiger partial charge in [-0.2, -0.15) is 5.01 Å². The maximum Gasteiger partial charge on any atom is 0.266 e. The summed E-state index contributed by atoms with van der Waals surface area (Å²) >= 11 is 0. The predicted molar refractivity (Wildman–Crippen MR) is 72.0 cm³/mol. The maximum absolute atomic E-state index is 3.30. The molecule has 0 atom stereocenters. The summed E-state index contributed by atoms with van der Waals surface area (Å²) in [7, 11) is 0. The Hall–Kier alpha value is -1.39. The monoisotopic (exact) mass is 245 g/mol. The van der Waals surface area contributed by atoms with Gasteiger partial charge in [-0.25, -0.2) is 5.43 Å². The highest BCUT2D eigenvalue weighted by Crippen LogP contribution is 2.10. The van der Waals surface area contributed by atoms with Crippen LogP contribution in [0.25, 0.3) is 0 Å². The van der Waals surface area contributed by atoms with Crippen molar-refractivity contribution < 1.29 is 4.58 Å². The number of hydrogen-bond acceptors (Lipinski definition) is 3. The minimum absolute atomic E-state index is 1.02. The van der Waals surface area contributed by atoms with E-state index in [9.17, 15) is 0 Å². The molecule has 2 aliphatic rings. The topological polar surface area (TPSA) is 30.3 Å². The highest BCUT2D eigenvalue weighted by Gasteiger charge is 2.28. The van der Waals surface area contributed by atoms with Gasteiger partial charge in [0.25, 0.3) is 5.84 Å². The summed E-state index contributed by atoms with van der Waals surface area (Å²) in [6.45, 7) is 4.34. The van der Waals surface area contributed by atoms with Gasteiger partial charge < -0.3 is 0 Å². The minimum Gasteiger partial charge on any atom is -0.260 e. The maximum atomic E-state index is 3.30. The first-order valence-corrected chi connectivity index (χ1v) is 6.84. The summed E-state index contributed by atoms with van der Waals surface area (Å²) < 4.78 is 2.51. The van der Waals surface area contributed by atoms with Crippen molar-refractivity contribution in [3.05, 3.63) is 35.9 Å². The molecule has 1 saturated heterocycles. The standard InChI is InChI=1S/C14H21N4/c1-2-6-13(7-3-1)12-17-10-5-11-18-14(17)8-4-9-15-16-18/h1-3,6-7,15-16H,4-5,8-12H2/q+1. The van der Waals surface area contributed by atoms with Crippen molar-refractivity contribution in [2.24, 2.45) is 0 Å². The lowest BCUT2D eigenvalue weighted by molar-refractivity contribution is -0.556. The van der Waals surface area contributed by atoms with Gasteiger partial charge in [0, 0.05) is 13.0 Å². The molecule has 4 heteroatoms. The van der Waals surface area contributed by atoms with Crippen molar-refractivity contribution in [2.45, 2.75) is 25.8 Å². The molecular weight excluding hydrogens is 224 g/mol. The van der Waals surface area contributed by atoms with Gasteiger partial charge in [0.05, 0.1) is 13.0 Å². The lowest BCUT2D eigenvalue weighted by Crippen LogP contribution is -2.53. The SMILES string of the molecule is c1ccc(C[N+]2=C3CCCNNN3CCC2)cc1. The first-order valence-electron chi connectivity index (χ1n) is 6.84. The van der Waals surface area contributed by atoms with E-state index in [4.69, 9.17) is 0 Å². The fourth-order valence-corrected chi connectivity index (χ4v) is 2.72. The Morgan fingerprint density at radius 2 is 2.06 bits per heavy atom. The number of amidine groups is 1. The quantitative estimate of drug-likeness (QED) is 0.765. The predicted octanol–water partition coefficient (Wildman–Crippen LogP) is 1.11. The van der Waals surface area contributed by atoms with Crippen molar-refractivity contribution in [3.63, 3.8) is 0 Å². The molecule has 0 aromatic heterocycles. The molecule has 2 N–H and O–H groups in total. The normalized spacial score (nSPS) is 20.6. The van der Waals surface area contributed by atoms with E-state index in [2.05, 4.69) is 50.9 Å². The summed E-state index contributed by atoms with van der Waals surface area (Å²) in [6, 6.07) is 10.7. The summed E-state index contributed by atoms with van der Waals surface area (Å²) in [6.07, 6.45) is 3.57. The van der Waals surface area contributed by atoms with Gasteiger partial charge in [0.2, 0.25) is 0 Å². The third-order valence-corrected chi connectivity index (χ3v) is 3.62. The first-order chi connectivity index (χ1) is 8.93. The average molecular weight is 245 g/mol. The van der Waals surface area contributed by atoms with E-state index in [0.29, 0.717) is 0 Å². The first kappa shape index (κ1) is 11.7. The lowest BCUT2D eigenvalue weighted by Gasteiger charge is -2.25. The molecule has 1 aromatic rings. The molecule has 4 nitrogen and oxygen atoms in total. The van der Waals surface area contributed by atoms with Crippen molar-refractivity contribution in [2.75, 3.05) is 19.6 Å². The fraction of sp³-hybridized carbons (Fsp3) is 0.500. The second-order valence-corrected chi connectivity index (χ2v) is 4.97. The van der Waals surface area contributed by atoms with Crippen LogP contribution >= 0.6 is 0 Å². The number of hydrazine groups is 2. The van der Waals surface area contributed by atoms with Gasteiger partial charge >= 0.3 is 0 Å². The van der Waals surface area contributed by atoms with E-state index in [1.165, 1.54) is 30.8 Å². The number of nitrogens with zero attached hydrogens (tertiary/aromatic N) is 2. The molecule has 1 fully saturated rings. The number of fused-ring (bicyclic) bond motifs is 1. The van der Waals surface area contributed by atoms with E-state index < -0.39 is 0 Å². The Balaban J connectivity index is 1.83. The number of rotatable bonds is 2. The van der Waals surface area contributed by atoms with Crippen molar-refractivity contribution in [1.29, 1.82) is 0 Å². The van der Waals surface area contributed by atoms with Crippen LogP contribution in [-0.2, 0) is 6.54 Å². The van der Waals surface area contributed by atoms with Crippen LogP contribution in [-0.4, -0.2) is 35.1 Å². The molecule has 0 bridgehead atoms. The lowest BCUT2D eigenvalue weighted by atomic mass is 10.2. The Morgan fingerprint density at radius 1 is 1.17 bits per heavy atom. The largest absolute Gasteiger partial charge is 0.266 e. The third-order valence-electron chi connectivity index (χ3n) is 3.62. The van der Waals surface area contributed by atoms with Crippen molar-refractivity contribution in [3.8, 4) is 0 Å². The second kappa shape index (κ2) is 5.50. The van der Waals surface area contributed by atoms with Gasteiger partial charge in [-0.1, -0.05) is 35.9 Å². The minimum atomic E-state index is 1.02.